The Hall–Kier alpha value is -1.70. The molecule has 2 aromatic rings. The maximum Gasteiger partial charge on any atom is 0.145 e. The molecular weight excluding hydrogens is 340 g/mol. The zero-order valence-electron chi connectivity index (χ0n) is 17.3. The molecule has 0 aliphatic carbocycles. The smallest absolute Gasteiger partial charge is 0.145 e. The Kier molecular flexibility index (Phi) is 7.04. The lowest BCUT2D eigenvalue weighted by Crippen LogP contribution is -2.37. The number of anilines is 1. The molecule has 1 N–H and O–H groups in total. The number of hydrogen-bond acceptors (Lipinski definition) is 6. The van der Waals surface area contributed by atoms with Gasteiger partial charge < -0.3 is 19.5 Å². The molecule has 0 aromatic carbocycles. The van der Waals surface area contributed by atoms with Gasteiger partial charge in [0, 0.05) is 31.9 Å². The second-order valence-electron chi connectivity index (χ2n) is 7.67. The van der Waals surface area contributed by atoms with E-state index in [0.29, 0.717) is 0 Å². The molecule has 0 radical (unpaired) electrons. The lowest BCUT2D eigenvalue weighted by molar-refractivity contribution is 0.0378. The lowest BCUT2D eigenvalue weighted by Gasteiger charge is -2.26. The summed E-state index contributed by atoms with van der Waals surface area (Å²) in [6, 6.07) is 0. The first-order chi connectivity index (χ1) is 13.1. The van der Waals surface area contributed by atoms with Gasteiger partial charge in [0.15, 0.2) is 0 Å². The third-order valence-corrected chi connectivity index (χ3v) is 5.44. The molecule has 3 rings (SSSR count). The fourth-order valence-electron chi connectivity index (χ4n) is 3.76. The second kappa shape index (κ2) is 9.48. The summed E-state index contributed by atoms with van der Waals surface area (Å²) >= 11 is 0. The molecule has 0 saturated carbocycles. The van der Waals surface area contributed by atoms with E-state index in [9.17, 15) is 0 Å². The van der Waals surface area contributed by atoms with Gasteiger partial charge in [-0.05, 0) is 59.4 Å². The highest BCUT2D eigenvalue weighted by Crippen LogP contribution is 2.28. The standard InChI is InChI=1S/C20H34N6O/c1-16-17(2)26(10-6-8-24(3)4)20-18(16)19(22-15-23-20)21-7-5-9-25-11-13-27-14-12-25/h15H,5-14H2,1-4H3,(H,21,22,23). The van der Waals surface area contributed by atoms with Gasteiger partial charge in [-0.25, -0.2) is 9.97 Å². The van der Waals surface area contributed by atoms with Gasteiger partial charge in [-0.2, -0.15) is 0 Å². The van der Waals surface area contributed by atoms with E-state index in [1.54, 1.807) is 6.33 Å². The molecule has 1 fully saturated rings. The minimum absolute atomic E-state index is 0.861. The van der Waals surface area contributed by atoms with Crippen LogP contribution in [0.25, 0.3) is 11.0 Å². The van der Waals surface area contributed by atoms with Crippen LogP contribution in [0.5, 0.6) is 0 Å². The number of nitrogens with zero attached hydrogens (tertiary/aromatic N) is 5. The molecule has 7 heteroatoms. The van der Waals surface area contributed by atoms with Crippen LogP contribution in [0, 0.1) is 13.8 Å². The van der Waals surface area contributed by atoms with Crippen molar-refractivity contribution >= 4 is 16.9 Å². The highest BCUT2D eigenvalue weighted by Gasteiger charge is 2.16. The lowest BCUT2D eigenvalue weighted by atomic mass is 10.2. The molecule has 1 aliphatic rings. The molecule has 1 saturated heterocycles. The van der Waals surface area contributed by atoms with Crippen molar-refractivity contribution in [3.63, 3.8) is 0 Å². The maximum atomic E-state index is 5.41. The van der Waals surface area contributed by atoms with E-state index < -0.39 is 0 Å². The zero-order valence-corrected chi connectivity index (χ0v) is 17.3. The van der Waals surface area contributed by atoms with Crippen molar-refractivity contribution in [2.45, 2.75) is 33.2 Å². The molecule has 0 bridgehead atoms. The van der Waals surface area contributed by atoms with E-state index in [2.05, 4.69) is 57.6 Å². The summed E-state index contributed by atoms with van der Waals surface area (Å²) in [5.41, 5.74) is 3.63. The number of morpholine rings is 1. The van der Waals surface area contributed by atoms with Crippen LogP contribution in [0.3, 0.4) is 0 Å². The second-order valence-corrected chi connectivity index (χ2v) is 7.67. The van der Waals surface area contributed by atoms with Gasteiger partial charge in [0.1, 0.15) is 17.8 Å². The van der Waals surface area contributed by atoms with Crippen molar-refractivity contribution in [2.75, 3.05) is 65.3 Å². The van der Waals surface area contributed by atoms with Gasteiger partial charge in [0.2, 0.25) is 0 Å². The Morgan fingerprint density at radius 2 is 1.89 bits per heavy atom. The Morgan fingerprint density at radius 3 is 2.63 bits per heavy atom. The molecule has 0 spiro atoms. The van der Waals surface area contributed by atoms with Crippen LogP contribution < -0.4 is 5.32 Å². The molecule has 2 aromatic heterocycles. The number of nitrogens with one attached hydrogen (secondary N) is 1. The van der Waals surface area contributed by atoms with Gasteiger partial charge >= 0.3 is 0 Å². The minimum atomic E-state index is 0.861. The summed E-state index contributed by atoms with van der Waals surface area (Å²) in [5, 5.41) is 4.72. The number of ether oxygens (including phenoxy) is 1. The number of rotatable bonds is 9. The largest absolute Gasteiger partial charge is 0.379 e. The average molecular weight is 375 g/mol. The normalized spacial score (nSPS) is 15.7. The van der Waals surface area contributed by atoms with Crippen LogP contribution in [-0.4, -0.2) is 84.4 Å². The Balaban J connectivity index is 1.65. The van der Waals surface area contributed by atoms with E-state index in [-0.39, 0.29) is 0 Å². The maximum absolute atomic E-state index is 5.41. The minimum Gasteiger partial charge on any atom is -0.379 e. The van der Waals surface area contributed by atoms with E-state index >= 15 is 0 Å². The quantitative estimate of drug-likeness (QED) is 0.679. The Morgan fingerprint density at radius 1 is 1.11 bits per heavy atom. The average Bonchev–Trinajstić information content (AvgIpc) is 2.91. The summed E-state index contributed by atoms with van der Waals surface area (Å²) in [6.07, 6.45) is 3.91. The van der Waals surface area contributed by atoms with Gasteiger partial charge in [-0.3, -0.25) is 4.90 Å². The van der Waals surface area contributed by atoms with Crippen molar-refractivity contribution in [2.24, 2.45) is 0 Å². The fourth-order valence-corrected chi connectivity index (χ4v) is 3.76. The summed E-state index contributed by atoms with van der Waals surface area (Å²) < 4.78 is 7.75. The monoisotopic (exact) mass is 374 g/mol. The van der Waals surface area contributed by atoms with E-state index in [4.69, 9.17) is 4.74 Å². The van der Waals surface area contributed by atoms with E-state index in [0.717, 1.165) is 76.8 Å². The van der Waals surface area contributed by atoms with Crippen LogP contribution in [-0.2, 0) is 11.3 Å². The topological polar surface area (TPSA) is 58.5 Å². The SMILES string of the molecule is Cc1c(C)n(CCCN(C)C)c2ncnc(NCCCN3CCOCC3)c12. The number of fused-ring (bicyclic) bond motifs is 1. The first-order valence-corrected chi connectivity index (χ1v) is 10.1. The zero-order chi connectivity index (χ0) is 19.2. The van der Waals surface area contributed by atoms with E-state index in [1.165, 1.54) is 16.6 Å². The summed E-state index contributed by atoms with van der Waals surface area (Å²) in [4.78, 5) is 13.8. The Bertz CT molecular complexity index is 736. The van der Waals surface area contributed by atoms with Crippen molar-refractivity contribution < 1.29 is 4.74 Å². The van der Waals surface area contributed by atoms with Gasteiger partial charge in [0.05, 0.1) is 18.6 Å². The van der Waals surface area contributed by atoms with Gasteiger partial charge in [0.25, 0.3) is 0 Å². The molecule has 1 aliphatic heterocycles. The molecule has 0 unspecified atom stereocenters. The van der Waals surface area contributed by atoms with Crippen molar-refractivity contribution in [3.8, 4) is 0 Å². The molecule has 7 nitrogen and oxygen atoms in total. The van der Waals surface area contributed by atoms with Crippen molar-refractivity contribution in [1.29, 1.82) is 0 Å². The number of aromatic nitrogens is 3. The third kappa shape index (κ3) is 4.97. The summed E-state index contributed by atoms with van der Waals surface area (Å²) in [7, 11) is 4.24. The number of aryl methyl sites for hydroxylation is 2. The Labute approximate surface area is 162 Å². The first kappa shape index (κ1) is 20.0. The van der Waals surface area contributed by atoms with Crippen LogP contribution in [0.2, 0.25) is 0 Å². The summed E-state index contributed by atoms with van der Waals surface area (Å²) in [5.74, 6) is 0.967. The van der Waals surface area contributed by atoms with Crippen LogP contribution in [0.15, 0.2) is 6.33 Å². The van der Waals surface area contributed by atoms with Gasteiger partial charge in [-0.1, -0.05) is 0 Å². The van der Waals surface area contributed by atoms with Crippen LogP contribution in [0.1, 0.15) is 24.1 Å². The summed E-state index contributed by atoms with van der Waals surface area (Å²) in [6.45, 7) is 12.3. The molecule has 3 heterocycles. The predicted octanol–water partition coefficient (Wildman–Crippen LogP) is 2.13. The van der Waals surface area contributed by atoms with Crippen molar-refractivity contribution in [3.05, 3.63) is 17.6 Å². The van der Waals surface area contributed by atoms with Crippen LogP contribution >= 0.6 is 0 Å². The highest BCUT2D eigenvalue weighted by molar-refractivity contribution is 5.91. The first-order valence-electron chi connectivity index (χ1n) is 10.1. The molecular formula is C20H34N6O. The highest BCUT2D eigenvalue weighted by atomic mass is 16.5. The predicted molar refractivity (Wildman–Crippen MR) is 111 cm³/mol. The van der Waals surface area contributed by atoms with Crippen LogP contribution in [0.4, 0.5) is 5.82 Å². The molecule has 0 amide bonds. The molecule has 150 valence electrons. The number of hydrogen-bond donors (Lipinski definition) is 1. The van der Waals surface area contributed by atoms with Crippen molar-refractivity contribution in [1.82, 2.24) is 24.3 Å². The molecule has 27 heavy (non-hydrogen) atoms. The molecule has 0 atom stereocenters. The fraction of sp³-hybridized carbons (Fsp3) is 0.700. The third-order valence-electron chi connectivity index (χ3n) is 5.44. The van der Waals surface area contributed by atoms with E-state index in [1.807, 2.05) is 0 Å². The van der Waals surface area contributed by atoms with Gasteiger partial charge in [-0.15, -0.1) is 0 Å².